The van der Waals surface area contributed by atoms with Gasteiger partial charge in [0.05, 0.1) is 15.7 Å². The third kappa shape index (κ3) is 2.06. The molecule has 0 spiro atoms. The van der Waals surface area contributed by atoms with Crippen molar-refractivity contribution < 1.29 is 23.4 Å². The van der Waals surface area contributed by atoms with Gasteiger partial charge in [-0.1, -0.05) is 0 Å². The van der Waals surface area contributed by atoms with E-state index >= 15 is 0 Å². The van der Waals surface area contributed by atoms with Crippen LogP contribution in [0.3, 0.4) is 0 Å². The molecular weight excluding hydrogens is 276 g/mol. The molecule has 1 aliphatic rings. The van der Waals surface area contributed by atoms with Crippen LogP contribution in [0, 0.1) is 0 Å². The predicted octanol–water partition coefficient (Wildman–Crippen LogP) is 1.23. The second kappa shape index (κ2) is 4.32. The maximum absolute atomic E-state index is 11.7. The van der Waals surface area contributed by atoms with E-state index in [-0.39, 0.29) is 16.9 Å². The van der Waals surface area contributed by atoms with Crippen molar-refractivity contribution in [2.45, 2.75) is 30.1 Å². The summed E-state index contributed by atoms with van der Waals surface area (Å²) in [5, 5.41) is 20.4. The van der Waals surface area contributed by atoms with Crippen molar-refractivity contribution in [3.8, 4) is 0 Å². The van der Waals surface area contributed by atoms with Crippen molar-refractivity contribution in [3.05, 3.63) is 21.9 Å². The van der Waals surface area contributed by atoms with Gasteiger partial charge in [-0.15, -0.1) is 11.3 Å². The van der Waals surface area contributed by atoms with Crippen LogP contribution in [0.1, 0.15) is 34.5 Å². The van der Waals surface area contributed by atoms with Crippen molar-refractivity contribution in [2.24, 2.45) is 0 Å². The van der Waals surface area contributed by atoms with Crippen molar-refractivity contribution in [2.75, 3.05) is 6.26 Å². The van der Waals surface area contributed by atoms with E-state index in [4.69, 9.17) is 5.11 Å². The number of carbonyl (C=O) groups is 1. The highest BCUT2D eigenvalue weighted by Gasteiger charge is 2.50. The van der Waals surface area contributed by atoms with Crippen molar-refractivity contribution in [1.82, 2.24) is 0 Å². The summed E-state index contributed by atoms with van der Waals surface area (Å²) in [6.45, 7) is 0. The molecule has 18 heavy (non-hydrogen) atoms. The highest BCUT2D eigenvalue weighted by Crippen LogP contribution is 2.45. The Morgan fingerprint density at radius 3 is 2.78 bits per heavy atom. The quantitative estimate of drug-likeness (QED) is 0.873. The maximum Gasteiger partial charge on any atom is 0.336 e. The Labute approximate surface area is 109 Å². The fourth-order valence-electron chi connectivity index (χ4n) is 2.60. The van der Waals surface area contributed by atoms with Crippen molar-refractivity contribution in [3.63, 3.8) is 0 Å². The molecule has 2 atom stereocenters. The summed E-state index contributed by atoms with van der Waals surface area (Å²) in [5.41, 5.74) is -1.56. The standard InChI is InChI=1S/C11H14O5S2/c1-18(15,16)8-3-2-5-11(8,14)9-7(10(12)13)4-6-17-9/h4,6,8,14H,2-3,5H2,1H3,(H,12,13). The molecule has 0 aromatic carbocycles. The minimum atomic E-state index is -3.41. The van der Waals surface area contributed by atoms with Crippen LogP contribution < -0.4 is 0 Å². The third-order valence-corrected chi connectivity index (χ3v) is 6.10. The molecule has 0 bridgehead atoms. The molecule has 0 aliphatic heterocycles. The van der Waals surface area contributed by atoms with E-state index in [2.05, 4.69) is 0 Å². The van der Waals surface area contributed by atoms with Gasteiger partial charge in [-0.25, -0.2) is 13.2 Å². The second-order valence-corrected chi connectivity index (χ2v) is 7.75. The molecule has 1 aliphatic carbocycles. The van der Waals surface area contributed by atoms with E-state index < -0.39 is 26.7 Å². The summed E-state index contributed by atoms with van der Waals surface area (Å²) >= 11 is 1.10. The maximum atomic E-state index is 11.7. The summed E-state index contributed by atoms with van der Waals surface area (Å²) < 4.78 is 23.4. The van der Waals surface area contributed by atoms with Gasteiger partial charge in [0.25, 0.3) is 0 Å². The van der Waals surface area contributed by atoms with E-state index in [9.17, 15) is 18.3 Å². The second-order valence-electron chi connectivity index (χ2n) is 4.60. The number of carboxylic acids is 1. The lowest BCUT2D eigenvalue weighted by Gasteiger charge is -2.28. The van der Waals surface area contributed by atoms with Crippen LogP contribution in [0.15, 0.2) is 11.4 Å². The Morgan fingerprint density at radius 2 is 2.22 bits per heavy atom. The molecule has 0 saturated heterocycles. The van der Waals surface area contributed by atoms with Gasteiger partial charge in [0.15, 0.2) is 9.84 Å². The number of carboxylic acid groups (broad SMARTS) is 1. The number of aliphatic hydroxyl groups is 1. The zero-order valence-electron chi connectivity index (χ0n) is 9.79. The predicted molar refractivity (Wildman–Crippen MR) is 67.7 cm³/mol. The molecule has 7 heteroatoms. The molecule has 0 amide bonds. The zero-order valence-corrected chi connectivity index (χ0v) is 11.4. The van der Waals surface area contributed by atoms with Crippen LogP contribution in [0.25, 0.3) is 0 Å². The van der Waals surface area contributed by atoms with Gasteiger partial charge in [0.1, 0.15) is 5.60 Å². The van der Waals surface area contributed by atoms with Crippen LogP contribution in [0.4, 0.5) is 0 Å². The molecule has 0 radical (unpaired) electrons. The average Bonchev–Trinajstić information content (AvgIpc) is 2.81. The summed E-state index contributed by atoms with van der Waals surface area (Å²) in [6, 6.07) is 1.40. The number of hydrogen-bond acceptors (Lipinski definition) is 5. The van der Waals surface area contributed by atoms with Crippen molar-refractivity contribution in [1.29, 1.82) is 0 Å². The van der Waals surface area contributed by atoms with Gasteiger partial charge in [0, 0.05) is 6.26 Å². The molecule has 1 heterocycles. The fraction of sp³-hybridized carbons (Fsp3) is 0.545. The first-order chi connectivity index (χ1) is 8.27. The first-order valence-electron chi connectivity index (χ1n) is 5.49. The molecular formula is C11H14O5S2. The molecule has 5 nitrogen and oxygen atoms in total. The van der Waals surface area contributed by atoms with Gasteiger partial charge in [0.2, 0.25) is 0 Å². The summed E-state index contributed by atoms with van der Waals surface area (Å²) in [7, 11) is -3.41. The van der Waals surface area contributed by atoms with E-state index in [0.29, 0.717) is 12.8 Å². The molecule has 2 unspecified atom stereocenters. The first-order valence-corrected chi connectivity index (χ1v) is 8.33. The Hall–Kier alpha value is -0.920. The molecule has 1 saturated carbocycles. The van der Waals surface area contributed by atoms with Gasteiger partial charge in [-0.2, -0.15) is 0 Å². The van der Waals surface area contributed by atoms with Gasteiger partial charge in [-0.3, -0.25) is 0 Å². The van der Waals surface area contributed by atoms with Crippen LogP contribution >= 0.6 is 11.3 Å². The van der Waals surface area contributed by atoms with Crippen LogP contribution in [0.2, 0.25) is 0 Å². The summed E-state index contributed by atoms with van der Waals surface area (Å²) in [5.74, 6) is -1.14. The topological polar surface area (TPSA) is 91.7 Å². The smallest absolute Gasteiger partial charge is 0.336 e. The van der Waals surface area contributed by atoms with Gasteiger partial charge < -0.3 is 10.2 Å². The van der Waals surface area contributed by atoms with Crippen molar-refractivity contribution >= 4 is 27.1 Å². The SMILES string of the molecule is CS(=O)(=O)C1CCCC1(O)c1sccc1C(=O)O. The normalized spacial score (nSPS) is 28.4. The molecule has 1 fully saturated rings. The minimum absolute atomic E-state index is 0.00181. The summed E-state index contributed by atoms with van der Waals surface area (Å²) in [6.07, 6.45) is 2.31. The van der Waals surface area contributed by atoms with E-state index in [1.54, 1.807) is 5.38 Å². The fourth-order valence-corrected chi connectivity index (χ4v) is 5.28. The Morgan fingerprint density at radius 1 is 1.56 bits per heavy atom. The molecule has 2 rings (SSSR count). The highest BCUT2D eigenvalue weighted by molar-refractivity contribution is 7.91. The van der Waals surface area contributed by atoms with Gasteiger partial charge in [-0.05, 0) is 30.7 Å². The van der Waals surface area contributed by atoms with E-state index in [0.717, 1.165) is 17.6 Å². The number of hydrogen-bond donors (Lipinski definition) is 2. The van der Waals surface area contributed by atoms with Crippen LogP contribution in [0.5, 0.6) is 0 Å². The van der Waals surface area contributed by atoms with E-state index in [1.165, 1.54) is 6.07 Å². The summed E-state index contributed by atoms with van der Waals surface area (Å²) in [4.78, 5) is 11.3. The minimum Gasteiger partial charge on any atom is -0.478 e. The largest absolute Gasteiger partial charge is 0.478 e. The Bertz CT molecular complexity index is 574. The lowest BCUT2D eigenvalue weighted by Crippen LogP contribution is -2.40. The molecule has 1 aromatic heterocycles. The average molecular weight is 290 g/mol. The molecule has 100 valence electrons. The third-order valence-electron chi connectivity index (χ3n) is 3.36. The number of rotatable bonds is 3. The lowest BCUT2D eigenvalue weighted by atomic mass is 9.96. The van der Waals surface area contributed by atoms with E-state index in [1.807, 2.05) is 0 Å². The first kappa shape index (κ1) is 13.5. The monoisotopic (exact) mass is 290 g/mol. The Kier molecular flexibility index (Phi) is 3.25. The number of thiophene rings is 1. The number of aromatic carboxylic acids is 1. The number of sulfone groups is 1. The van der Waals surface area contributed by atoms with Gasteiger partial charge >= 0.3 is 5.97 Å². The van der Waals surface area contributed by atoms with Crippen LogP contribution in [-0.2, 0) is 15.4 Å². The molecule has 1 aromatic rings. The zero-order chi connectivity index (χ0) is 13.6. The lowest BCUT2D eigenvalue weighted by molar-refractivity contribution is 0.0473. The van der Waals surface area contributed by atoms with Crippen LogP contribution in [-0.4, -0.2) is 36.1 Å². The Balaban J connectivity index is 2.54. The highest BCUT2D eigenvalue weighted by atomic mass is 32.2. The molecule has 2 N–H and O–H groups in total.